The summed E-state index contributed by atoms with van der Waals surface area (Å²) in [5.74, 6) is 7.55. The van der Waals surface area contributed by atoms with E-state index in [4.69, 9.17) is 15.3 Å². The van der Waals surface area contributed by atoms with Gasteiger partial charge in [0.25, 0.3) is 0 Å². The highest BCUT2D eigenvalue weighted by molar-refractivity contribution is 5.45. The van der Waals surface area contributed by atoms with E-state index in [0.717, 1.165) is 17.1 Å². The summed E-state index contributed by atoms with van der Waals surface area (Å²) in [5.41, 5.74) is 3.33. The van der Waals surface area contributed by atoms with Crippen LogP contribution in [0.3, 0.4) is 0 Å². The summed E-state index contributed by atoms with van der Waals surface area (Å²) in [6.45, 7) is 6.34. The zero-order chi connectivity index (χ0) is 15.5. The van der Waals surface area contributed by atoms with Gasteiger partial charge in [-0.2, -0.15) is 4.98 Å². The Morgan fingerprint density at radius 2 is 1.95 bits per heavy atom. The minimum absolute atomic E-state index is 0.0914. The van der Waals surface area contributed by atoms with Crippen molar-refractivity contribution in [2.45, 2.75) is 26.2 Å². The second-order valence-electron chi connectivity index (χ2n) is 5.58. The average Bonchev–Trinajstić information content (AvgIpc) is 2.46. The van der Waals surface area contributed by atoms with Crippen LogP contribution in [-0.4, -0.2) is 17.1 Å². The van der Waals surface area contributed by atoms with E-state index in [1.807, 2.05) is 18.2 Å². The van der Waals surface area contributed by atoms with Crippen molar-refractivity contribution in [3.63, 3.8) is 0 Å². The second-order valence-corrected chi connectivity index (χ2v) is 5.58. The molecule has 0 amide bonds. The van der Waals surface area contributed by atoms with Gasteiger partial charge in [-0.3, -0.25) is 5.43 Å². The first-order chi connectivity index (χ1) is 9.94. The Kier molecular flexibility index (Phi) is 4.28. The molecule has 1 aromatic heterocycles. The average molecular weight is 288 g/mol. The predicted molar refractivity (Wildman–Crippen MR) is 81.6 cm³/mol. The number of ether oxygens (including phenoxy) is 2. The van der Waals surface area contributed by atoms with Gasteiger partial charge in [0.2, 0.25) is 11.8 Å². The number of aromatic nitrogens is 2. The summed E-state index contributed by atoms with van der Waals surface area (Å²) in [5, 5.41) is 0. The Bertz CT molecular complexity index is 623. The molecule has 1 heterocycles. The minimum Gasteiger partial charge on any atom is -0.497 e. The largest absolute Gasteiger partial charge is 0.497 e. The Labute approximate surface area is 124 Å². The van der Waals surface area contributed by atoms with Crippen molar-refractivity contribution in [3.8, 4) is 17.4 Å². The molecule has 21 heavy (non-hydrogen) atoms. The first kappa shape index (κ1) is 15.1. The number of methoxy groups -OCH3 is 1. The summed E-state index contributed by atoms with van der Waals surface area (Å²) in [4.78, 5) is 8.10. The van der Waals surface area contributed by atoms with Crippen molar-refractivity contribution < 1.29 is 9.47 Å². The van der Waals surface area contributed by atoms with Crippen LogP contribution in [0, 0.1) is 0 Å². The van der Waals surface area contributed by atoms with Crippen LogP contribution in [0.25, 0.3) is 0 Å². The summed E-state index contributed by atoms with van der Waals surface area (Å²) >= 11 is 0. The highest BCUT2D eigenvalue weighted by Gasteiger charge is 2.20. The Hall–Kier alpha value is -2.34. The van der Waals surface area contributed by atoms with Crippen LogP contribution in [0.15, 0.2) is 30.5 Å². The number of nitrogens with zero attached hydrogens (tertiary/aromatic N) is 2. The van der Waals surface area contributed by atoms with Crippen LogP contribution < -0.4 is 20.7 Å². The van der Waals surface area contributed by atoms with Crippen LogP contribution >= 0.6 is 0 Å². The molecule has 0 radical (unpaired) electrons. The lowest BCUT2D eigenvalue weighted by atomic mass is 9.86. The third-order valence-electron chi connectivity index (χ3n) is 2.97. The molecule has 3 N–H and O–H groups in total. The predicted octanol–water partition coefficient (Wildman–Crippen LogP) is 2.86. The van der Waals surface area contributed by atoms with Gasteiger partial charge in [-0.05, 0) is 23.6 Å². The molecule has 2 aromatic rings. The lowest BCUT2D eigenvalue weighted by Crippen LogP contribution is -2.13. The molecule has 112 valence electrons. The molecule has 0 saturated carbocycles. The molecule has 1 aromatic carbocycles. The van der Waals surface area contributed by atoms with Gasteiger partial charge < -0.3 is 9.47 Å². The van der Waals surface area contributed by atoms with Crippen LogP contribution in [0.1, 0.15) is 26.3 Å². The maximum absolute atomic E-state index is 5.88. The summed E-state index contributed by atoms with van der Waals surface area (Å²) in [6.07, 6.45) is 1.58. The van der Waals surface area contributed by atoms with Crippen LogP contribution in [-0.2, 0) is 5.41 Å². The third-order valence-corrected chi connectivity index (χ3v) is 2.97. The fourth-order valence-electron chi connectivity index (χ4n) is 1.89. The molecule has 0 aliphatic carbocycles. The smallest absolute Gasteiger partial charge is 0.240 e. The van der Waals surface area contributed by atoms with E-state index < -0.39 is 0 Å². The normalized spacial score (nSPS) is 11.1. The summed E-state index contributed by atoms with van der Waals surface area (Å²) < 4.78 is 11.2. The molecule has 6 nitrogen and oxygen atoms in total. The van der Waals surface area contributed by atoms with E-state index in [1.54, 1.807) is 19.4 Å². The number of nitrogens with one attached hydrogen (secondary N) is 1. The van der Waals surface area contributed by atoms with E-state index in [-0.39, 0.29) is 5.41 Å². The number of anilines is 1. The van der Waals surface area contributed by atoms with Crippen molar-refractivity contribution in [2.75, 3.05) is 12.5 Å². The fourth-order valence-corrected chi connectivity index (χ4v) is 1.89. The van der Waals surface area contributed by atoms with Crippen molar-refractivity contribution >= 4 is 5.95 Å². The van der Waals surface area contributed by atoms with Gasteiger partial charge >= 0.3 is 0 Å². The molecule has 0 saturated heterocycles. The lowest BCUT2D eigenvalue weighted by Gasteiger charge is -2.23. The van der Waals surface area contributed by atoms with Crippen molar-refractivity contribution in [3.05, 3.63) is 36.0 Å². The number of nitrogens with two attached hydrogens (primary N) is 1. The van der Waals surface area contributed by atoms with Crippen LogP contribution in [0.4, 0.5) is 5.95 Å². The molecule has 2 rings (SSSR count). The van der Waals surface area contributed by atoms with Crippen LogP contribution in [0.5, 0.6) is 17.4 Å². The van der Waals surface area contributed by atoms with Gasteiger partial charge in [-0.25, -0.2) is 10.8 Å². The lowest BCUT2D eigenvalue weighted by molar-refractivity contribution is 0.405. The number of hydrazine groups is 1. The molecule has 0 aliphatic rings. The topological polar surface area (TPSA) is 82.3 Å². The fraction of sp³-hybridized carbons (Fsp3) is 0.333. The number of hydrogen-bond acceptors (Lipinski definition) is 6. The minimum atomic E-state index is -0.0914. The van der Waals surface area contributed by atoms with E-state index >= 15 is 0 Å². The molecule has 0 bridgehead atoms. The van der Waals surface area contributed by atoms with Gasteiger partial charge in [0, 0.05) is 17.8 Å². The highest BCUT2D eigenvalue weighted by Crippen LogP contribution is 2.36. The standard InChI is InChI=1S/C15H20N4O2/c1-15(2,3)11-9-10(20-4)5-6-12(11)21-13-7-8-17-14(18-13)19-16/h5-9H,16H2,1-4H3,(H,17,18,19). The third kappa shape index (κ3) is 3.61. The number of nitrogen functional groups attached to an aromatic ring is 1. The Balaban J connectivity index is 2.39. The van der Waals surface area contributed by atoms with Crippen LogP contribution in [0.2, 0.25) is 0 Å². The molecule has 0 aliphatic heterocycles. The molecule has 0 fully saturated rings. The molecule has 0 unspecified atom stereocenters. The van der Waals surface area contributed by atoms with E-state index in [1.165, 1.54) is 0 Å². The van der Waals surface area contributed by atoms with Crippen molar-refractivity contribution in [2.24, 2.45) is 5.84 Å². The molecular formula is C15H20N4O2. The molecular weight excluding hydrogens is 268 g/mol. The number of benzene rings is 1. The van der Waals surface area contributed by atoms with Crippen molar-refractivity contribution in [1.82, 2.24) is 9.97 Å². The van der Waals surface area contributed by atoms with E-state index in [9.17, 15) is 0 Å². The van der Waals surface area contributed by atoms with Gasteiger partial charge in [-0.1, -0.05) is 20.8 Å². The second kappa shape index (κ2) is 5.97. The molecule has 0 atom stereocenters. The summed E-state index contributed by atoms with van der Waals surface area (Å²) in [6, 6.07) is 7.38. The molecule has 0 spiro atoms. The number of hydrogen-bond donors (Lipinski definition) is 2. The Morgan fingerprint density at radius 3 is 2.57 bits per heavy atom. The monoisotopic (exact) mass is 288 g/mol. The first-order valence-corrected chi connectivity index (χ1v) is 6.60. The molecule has 6 heteroatoms. The zero-order valence-corrected chi connectivity index (χ0v) is 12.7. The van der Waals surface area contributed by atoms with E-state index in [2.05, 4.69) is 36.2 Å². The van der Waals surface area contributed by atoms with Gasteiger partial charge in [0.15, 0.2) is 0 Å². The Morgan fingerprint density at radius 1 is 1.19 bits per heavy atom. The van der Waals surface area contributed by atoms with Crippen molar-refractivity contribution in [1.29, 1.82) is 0 Å². The highest BCUT2D eigenvalue weighted by atomic mass is 16.5. The first-order valence-electron chi connectivity index (χ1n) is 6.60. The van der Waals surface area contributed by atoms with Gasteiger partial charge in [0.05, 0.1) is 7.11 Å². The maximum Gasteiger partial charge on any atom is 0.240 e. The SMILES string of the molecule is COc1ccc(Oc2ccnc(NN)n2)c(C(C)(C)C)c1. The van der Waals surface area contributed by atoms with Gasteiger partial charge in [0.1, 0.15) is 11.5 Å². The zero-order valence-electron chi connectivity index (χ0n) is 12.7. The number of rotatable bonds is 4. The summed E-state index contributed by atoms with van der Waals surface area (Å²) in [7, 11) is 1.64. The quantitative estimate of drug-likeness (QED) is 0.665. The van der Waals surface area contributed by atoms with E-state index in [0.29, 0.717) is 11.8 Å². The van der Waals surface area contributed by atoms with Gasteiger partial charge in [-0.15, -0.1) is 0 Å². The maximum atomic E-state index is 5.88.